The summed E-state index contributed by atoms with van der Waals surface area (Å²) >= 11 is 6.77. The maximum absolute atomic E-state index is 14.1. The van der Waals surface area contributed by atoms with E-state index in [1.165, 1.54) is 31.4 Å². The number of thioether (sulfide) groups is 1. The van der Waals surface area contributed by atoms with Crippen LogP contribution in [0.5, 0.6) is 11.5 Å². The zero-order chi connectivity index (χ0) is 23.3. The van der Waals surface area contributed by atoms with Crippen LogP contribution in [-0.2, 0) is 20.9 Å². The third-order valence-corrected chi connectivity index (χ3v) is 5.65. The summed E-state index contributed by atoms with van der Waals surface area (Å²) in [6.45, 7) is 1.58. The topological polar surface area (TPSA) is 82.1 Å². The summed E-state index contributed by atoms with van der Waals surface area (Å²) < 4.78 is 29.6. The molecule has 0 unspecified atom stereocenters. The first-order valence-electron chi connectivity index (χ1n) is 9.48. The first kappa shape index (κ1) is 23.6. The third-order valence-electron chi connectivity index (χ3n) is 4.39. The predicted molar refractivity (Wildman–Crippen MR) is 118 cm³/mol. The highest BCUT2D eigenvalue weighted by Gasteiger charge is 2.36. The van der Waals surface area contributed by atoms with Gasteiger partial charge in [0.25, 0.3) is 11.1 Å². The van der Waals surface area contributed by atoms with Crippen LogP contribution in [0, 0.1) is 5.82 Å². The van der Waals surface area contributed by atoms with Crippen molar-refractivity contribution in [3.05, 3.63) is 63.3 Å². The van der Waals surface area contributed by atoms with E-state index in [1.807, 2.05) is 0 Å². The fourth-order valence-electron chi connectivity index (χ4n) is 2.83. The standard InChI is InChI=1S/C22H19ClFNO6S/c1-3-30-18-9-13(7-8-17(18)31-12-20(26)29-2)10-19-21(27)25(22(28)32-19)11-14-15(23)5-4-6-16(14)24/h4-10H,3,11-12H2,1-2H3/b19-10-. The van der Waals surface area contributed by atoms with Crippen molar-refractivity contribution in [1.82, 2.24) is 4.90 Å². The van der Waals surface area contributed by atoms with Gasteiger partial charge < -0.3 is 14.2 Å². The highest BCUT2D eigenvalue weighted by Crippen LogP contribution is 2.36. The van der Waals surface area contributed by atoms with Gasteiger partial charge in [-0.1, -0.05) is 23.7 Å². The van der Waals surface area contributed by atoms with Gasteiger partial charge in [-0.15, -0.1) is 0 Å². The Morgan fingerprint density at radius 2 is 1.97 bits per heavy atom. The third kappa shape index (κ3) is 5.41. The van der Waals surface area contributed by atoms with Gasteiger partial charge >= 0.3 is 5.97 Å². The zero-order valence-corrected chi connectivity index (χ0v) is 18.8. The number of amides is 2. The summed E-state index contributed by atoms with van der Waals surface area (Å²) in [5, 5.41) is -0.388. The molecule has 10 heteroatoms. The van der Waals surface area contributed by atoms with Crippen LogP contribution in [0.15, 0.2) is 41.3 Å². The van der Waals surface area contributed by atoms with Gasteiger partial charge in [-0.05, 0) is 54.6 Å². The molecule has 2 aromatic carbocycles. The normalized spacial score (nSPS) is 14.8. The van der Waals surface area contributed by atoms with Crippen LogP contribution in [0.25, 0.3) is 6.08 Å². The molecule has 32 heavy (non-hydrogen) atoms. The van der Waals surface area contributed by atoms with Crippen LogP contribution in [0.3, 0.4) is 0 Å². The lowest BCUT2D eigenvalue weighted by atomic mass is 10.1. The van der Waals surface area contributed by atoms with Crippen LogP contribution >= 0.6 is 23.4 Å². The Morgan fingerprint density at radius 3 is 2.66 bits per heavy atom. The van der Waals surface area contributed by atoms with E-state index in [-0.39, 0.29) is 28.6 Å². The van der Waals surface area contributed by atoms with Crippen molar-refractivity contribution in [3.8, 4) is 11.5 Å². The first-order valence-corrected chi connectivity index (χ1v) is 10.7. The van der Waals surface area contributed by atoms with Crippen molar-refractivity contribution in [2.24, 2.45) is 0 Å². The molecule has 1 aliphatic rings. The van der Waals surface area contributed by atoms with Crippen molar-refractivity contribution in [2.75, 3.05) is 20.3 Å². The summed E-state index contributed by atoms with van der Waals surface area (Å²) in [4.78, 5) is 37.6. The number of carbonyl (C=O) groups excluding carboxylic acids is 3. The van der Waals surface area contributed by atoms with E-state index in [0.717, 1.165) is 16.7 Å². The molecule has 0 bridgehead atoms. The van der Waals surface area contributed by atoms with Crippen molar-refractivity contribution in [3.63, 3.8) is 0 Å². The van der Waals surface area contributed by atoms with Gasteiger partial charge in [0.1, 0.15) is 5.82 Å². The number of esters is 1. The average Bonchev–Trinajstić information content (AvgIpc) is 3.02. The second-order valence-corrected chi connectivity index (χ2v) is 7.87. The minimum absolute atomic E-state index is 0.0726. The van der Waals surface area contributed by atoms with Gasteiger partial charge in [0.05, 0.1) is 25.2 Å². The number of ether oxygens (including phenoxy) is 3. The van der Waals surface area contributed by atoms with Crippen molar-refractivity contribution >= 4 is 46.6 Å². The summed E-state index contributed by atoms with van der Waals surface area (Å²) in [7, 11) is 1.26. The number of carbonyl (C=O) groups is 3. The van der Waals surface area contributed by atoms with Gasteiger partial charge in [-0.25, -0.2) is 9.18 Å². The lowest BCUT2D eigenvalue weighted by Gasteiger charge is -2.14. The van der Waals surface area contributed by atoms with Crippen molar-refractivity contribution < 1.29 is 33.0 Å². The molecule has 1 heterocycles. The summed E-state index contributed by atoms with van der Waals surface area (Å²) in [6.07, 6.45) is 1.53. The lowest BCUT2D eigenvalue weighted by Crippen LogP contribution is -2.28. The number of methoxy groups -OCH3 is 1. The second kappa shape index (κ2) is 10.5. The Morgan fingerprint density at radius 1 is 1.19 bits per heavy atom. The monoisotopic (exact) mass is 479 g/mol. The molecule has 3 rings (SSSR count). The van der Waals surface area contributed by atoms with Crippen molar-refractivity contribution in [1.29, 1.82) is 0 Å². The predicted octanol–water partition coefficient (Wildman–Crippen LogP) is 4.67. The highest BCUT2D eigenvalue weighted by atomic mass is 35.5. The lowest BCUT2D eigenvalue weighted by molar-refractivity contribution is -0.143. The Balaban J connectivity index is 1.81. The number of hydrogen-bond acceptors (Lipinski definition) is 7. The molecule has 0 spiro atoms. The zero-order valence-electron chi connectivity index (χ0n) is 17.2. The van der Waals surface area contributed by atoms with Gasteiger partial charge in [0.2, 0.25) is 0 Å². The average molecular weight is 480 g/mol. The number of imide groups is 1. The van der Waals surface area contributed by atoms with Crippen LogP contribution in [0.1, 0.15) is 18.1 Å². The second-order valence-electron chi connectivity index (χ2n) is 6.47. The van der Waals surface area contributed by atoms with E-state index in [0.29, 0.717) is 23.7 Å². The molecule has 0 aromatic heterocycles. The largest absolute Gasteiger partial charge is 0.490 e. The highest BCUT2D eigenvalue weighted by molar-refractivity contribution is 8.18. The number of nitrogens with zero attached hydrogens (tertiary/aromatic N) is 1. The van der Waals surface area contributed by atoms with Gasteiger partial charge in [0, 0.05) is 10.6 Å². The van der Waals surface area contributed by atoms with Gasteiger partial charge in [-0.3, -0.25) is 14.5 Å². The minimum Gasteiger partial charge on any atom is -0.490 e. The van der Waals surface area contributed by atoms with Crippen LogP contribution < -0.4 is 9.47 Å². The van der Waals surface area contributed by atoms with Crippen LogP contribution in [-0.4, -0.2) is 42.3 Å². The molecule has 168 valence electrons. The minimum atomic E-state index is -0.593. The molecule has 0 saturated carbocycles. The summed E-state index contributed by atoms with van der Waals surface area (Å²) in [6, 6.07) is 9.02. The molecule has 0 N–H and O–H groups in total. The molecule has 7 nitrogen and oxygen atoms in total. The fourth-order valence-corrected chi connectivity index (χ4v) is 3.89. The molecule has 1 aliphatic heterocycles. The van der Waals surface area contributed by atoms with Crippen LogP contribution in [0.2, 0.25) is 5.02 Å². The molecular weight excluding hydrogens is 461 g/mol. The molecule has 1 saturated heterocycles. The smallest absolute Gasteiger partial charge is 0.343 e. The maximum Gasteiger partial charge on any atom is 0.343 e. The van der Waals surface area contributed by atoms with E-state index in [4.69, 9.17) is 21.1 Å². The van der Waals surface area contributed by atoms with Crippen molar-refractivity contribution in [2.45, 2.75) is 13.5 Å². The molecular formula is C22H19ClFNO6S. The number of halogens is 2. The summed E-state index contributed by atoms with van der Waals surface area (Å²) in [5.74, 6) is -0.993. The van der Waals surface area contributed by atoms with E-state index in [2.05, 4.69) is 4.74 Å². The Bertz CT molecular complexity index is 1070. The number of rotatable bonds is 8. The van der Waals surface area contributed by atoms with E-state index < -0.39 is 22.9 Å². The van der Waals surface area contributed by atoms with E-state index in [9.17, 15) is 18.8 Å². The number of benzene rings is 2. The molecule has 2 aromatic rings. The molecule has 0 radical (unpaired) electrons. The SMILES string of the molecule is CCOc1cc(/C=C2\SC(=O)N(Cc3c(F)cccc3Cl)C2=O)ccc1OCC(=O)OC. The first-order chi connectivity index (χ1) is 15.3. The maximum atomic E-state index is 14.1. The van der Waals surface area contributed by atoms with E-state index >= 15 is 0 Å². The molecule has 0 aliphatic carbocycles. The Labute approximate surface area is 193 Å². The molecule has 1 fully saturated rings. The van der Waals surface area contributed by atoms with Crippen LogP contribution in [0.4, 0.5) is 9.18 Å². The summed E-state index contributed by atoms with van der Waals surface area (Å²) in [5.41, 5.74) is 0.650. The Hall–Kier alpha value is -3.04. The molecule has 0 atom stereocenters. The Kier molecular flexibility index (Phi) is 7.76. The fraction of sp³-hybridized carbons (Fsp3) is 0.227. The van der Waals surface area contributed by atoms with Gasteiger partial charge in [-0.2, -0.15) is 0 Å². The molecule has 2 amide bonds. The van der Waals surface area contributed by atoms with E-state index in [1.54, 1.807) is 25.1 Å². The van der Waals surface area contributed by atoms with Gasteiger partial charge in [0.15, 0.2) is 18.1 Å². The quantitative estimate of drug-likeness (QED) is 0.402. The number of hydrogen-bond donors (Lipinski definition) is 0.